The van der Waals surface area contributed by atoms with Crippen molar-refractivity contribution < 1.29 is 0 Å². The molecule has 0 atom stereocenters. The van der Waals surface area contributed by atoms with Crippen LogP contribution in [0.3, 0.4) is 0 Å². The molecule has 28 heavy (non-hydrogen) atoms. The van der Waals surface area contributed by atoms with Gasteiger partial charge in [-0.2, -0.15) is 0 Å². The molecular formula is C28H22. The van der Waals surface area contributed by atoms with Gasteiger partial charge in [0.1, 0.15) is 0 Å². The summed E-state index contributed by atoms with van der Waals surface area (Å²) in [6.07, 6.45) is 8.58. The van der Waals surface area contributed by atoms with Crippen LogP contribution in [-0.2, 0) is 0 Å². The van der Waals surface area contributed by atoms with Crippen LogP contribution in [0, 0.1) is 0 Å². The molecule has 0 saturated carbocycles. The molecule has 0 aliphatic heterocycles. The summed E-state index contributed by atoms with van der Waals surface area (Å²) in [4.78, 5) is 0. The normalized spacial score (nSPS) is 11.3. The Morgan fingerprint density at radius 2 is 0.571 bits per heavy atom. The lowest BCUT2D eigenvalue weighted by Gasteiger charge is -2.03. The Kier molecular flexibility index (Phi) is 5.60. The second-order valence-corrected chi connectivity index (χ2v) is 6.73. The Morgan fingerprint density at radius 1 is 0.286 bits per heavy atom. The molecule has 0 saturated heterocycles. The van der Waals surface area contributed by atoms with Crippen LogP contribution in [0.25, 0.3) is 35.4 Å². The summed E-state index contributed by atoms with van der Waals surface area (Å²) < 4.78 is 0. The van der Waals surface area contributed by atoms with Crippen molar-refractivity contribution in [2.45, 2.75) is 0 Å². The molecule has 0 heteroatoms. The van der Waals surface area contributed by atoms with Crippen LogP contribution in [0.4, 0.5) is 0 Å². The van der Waals surface area contributed by atoms with Gasteiger partial charge in [0.2, 0.25) is 0 Å². The molecule has 134 valence electrons. The maximum Gasteiger partial charge on any atom is -0.0184 e. The fourth-order valence-electron chi connectivity index (χ4n) is 3.09. The standard InChI is InChI=1S/C28H22/c1-3-7-23(8-4-1)11-13-25-15-19-27(20-16-25)28-21-17-26(18-22-28)14-12-24-9-5-2-6-10-24/h1-22H/b13-11-,14-12?. The SMILES string of the molecule is C(=Cc1ccc(-c2ccc(/C=C\c3ccccc3)cc2)cc1)c1ccccc1. The molecule has 0 heterocycles. The number of hydrogen-bond donors (Lipinski definition) is 0. The average Bonchev–Trinajstić information content (AvgIpc) is 2.78. The second-order valence-electron chi connectivity index (χ2n) is 6.73. The van der Waals surface area contributed by atoms with Gasteiger partial charge in [0.05, 0.1) is 0 Å². The lowest BCUT2D eigenvalue weighted by molar-refractivity contribution is 1.58. The van der Waals surface area contributed by atoms with Gasteiger partial charge in [0.25, 0.3) is 0 Å². The van der Waals surface area contributed by atoms with Crippen molar-refractivity contribution in [2.75, 3.05) is 0 Å². The zero-order valence-electron chi connectivity index (χ0n) is 15.7. The smallest absolute Gasteiger partial charge is 0.0184 e. The van der Waals surface area contributed by atoms with Crippen molar-refractivity contribution in [1.82, 2.24) is 0 Å². The molecule has 0 N–H and O–H groups in total. The first-order valence-electron chi connectivity index (χ1n) is 9.54. The van der Waals surface area contributed by atoms with Crippen LogP contribution in [0.5, 0.6) is 0 Å². The van der Waals surface area contributed by atoms with Crippen LogP contribution >= 0.6 is 0 Å². The molecule has 0 aliphatic carbocycles. The minimum atomic E-state index is 1.20. The van der Waals surface area contributed by atoms with Crippen LogP contribution in [0.2, 0.25) is 0 Å². The van der Waals surface area contributed by atoms with E-state index in [2.05, 4.69) is 121 Å². The van der Waals surface area contributed by atoms with Crippen LogP contribution in [0.15, 0.2) is 109 Å². The number of rotatable bonds is 5. The van der Waals surface area contributed by atoms with E-state index in [9.17, 15) is 0 Å². The monoisotopic (exact) mass is 358 g/mol. The van der Waals surface area contributed by atoms with E-state index in [-0.39, 0.29) is 0 Å². The minimum Gasteiger partial charge on any atom is -0.0622 e. The molecule has 4 aromatic rings. The summed E-state index contributed by atoms with van der Waals surface area (Å²) in [5.74, 6) is 0. The average molecular weight is 358 g/mol. The Labute approximate surface area is 167 Å². The summed E-state index contributed by atoms with van der Waals surface area (Å²) in [5.41, 5.74) is 7.30. The van der Waals surface area contributed by atoms with Crippen LogP contribution in [0.1, 0.15) is 22.3 Å². The van der Waals surface area contributed by atoms with Gasteiger partial charge in [-0.25, -0.2) is 0 Å². The van der Waals surface area contributed by atoms with Crippen molar-refractivity contribution in [3.05, 3.63) is 131 Å². The molecule has 0 fully saturated rings. The summed E-state index contributed by atoms with van der Waals surface area (Å²) in [6, 6.07) is 38.1. The summed E-state index contributed by atoms with van der Waals surface area (Å²) in [7, 11) is 0. The van der Waals surface area contributed by atoms with E-state index in [1.807, 2.05) is 12.1 Å². The quantitative estimate of drug-likeness (QED) is 0.321. The molecule has 4 aromatic carbocycles. The van der Waals surface area contributed by atoms with Gasteiger partial charge in [-0.1, -0.05) is 133 Å². The van der Waals surface area contributed by atoms with Crippen LogP contribution in [-0.4, -0.2) is 0 Å². The lowest BCUT2D eigenvalue weighted by atomic mass is 10.0. The molecule has 0 bridgehead atoms. The largest absolute Gasteiger partial charge is 0.0622 e. The van der Waals surface area contributed by atoms with Crippen molar-refractivity contribution in [2.24, 2.45) is 0 Å². The molecule has 0 unspecified atom stereocenters. The van der Waals surface area contributed by atoms with Gasteiger partial charge in [-0.05, 0) is 33.4 Å². The second kappa shape index (κ2) is 8.83. The summed E-state index contributed by atoms with van der Waals surface area (Å²) >= 11 is 0. The third kappa shape index (κ3) is 4.75. The van der Waals surface area contributed by atoms with Crippen LogP contribution < -0.4 is 0 Å². The van der Waals surface area contributed by atoms with Gasteiger partial charge >= 0.3 is 0 Å². The Hall–Kier alpha value is -3.64. The molecule has 0 amide bonds. The van der Waals surface area contributed by atoms with Crippen molar-refractivity contribution in [3.8, 4) is 11.1 Å². The highest BCUT2D eigenvalue weighted by atomic mass is 14.0. The Bertz CT molecular complexity index is 961. The molecule has 0 aromatic heterocycles. The minimum absolute atomic E-state index is 1.20. The highest BCUT2D eigenvalue weighted by molar-refractivity contribution is 5.74. The van der Waals surface area contributed by atoms with Crippen molar-refractivity contribution >= 4 is 24.3 Å². The number of hydrogen-bond acceptors (Lipinski definition) is 0. The molecule has 0 nitrogen and oxygen atoms in total. The Morgan fingerprint density at radius 3 is 0.893 bits per heavy atom. The Balaban J connectivity index is 1.44. The van der Waals surface area contributed by atoms with Gasteiger partial charge in [0.15, 0.2) is 0 Å². The summed E-state index contributed by atoms with van der Waals surface area (Å²) in [5, 5.41) is 0. The predicted molar refractivity (Wildman–Crippen MR) is 123 cm³/mol. The van der Waals surface area contributed by atoms with E-state index in [0.717, 1.165) is 0 Å². The third-order valence-electron chi connectivity index (χ3n) is 4.69. The van der Waals surface area contributed by atoms with Gasteiger partial charge < -0.3 is 0 Å². The maximum atomic E-state index is 2.18. The highest BCUT2D eigenvalue weighted by Gasteiger charge is 1.98. The first-order valence-corrected chi connectivity index (χ1v) is 9.54. The first-order chi connectivity index (χ1) is 13.9. The van der Waals surface area contributed by atoms with E-state index < -0.39 is 0 Å². The first kappa shape index (κ1) is 17.8. The topological polar surface area (TPSA) is 0 Å². The zero-order chi connectivity index (χ0) is 19.0. The fourth-order valence-corrected chi connectivity index (χ4v) is 3.09. The maximum absolute atomic E-state index is 2.18. The fraction of sp³-hybridized carbons (Fsp3) is 0. The zero-order valence-corrected chi connectivity index (χ0v) is 15.7. The summed E-state index contributed by atoms with van der Waals surface area (Å²) in [6.45, 7) is 0. The lowest BCUT2D eigenvalue weighted by Crippen LogP contribution is -1.80. The van der Waals surface area contributed by atoms with Gasteiger partial charge in [-0.15, -0.1) is 0 Å². The highest BCUT2D eigenvalue weighted by Crippen LogP contribution is 2.22. The molecular weight excluding hydrogens is 336 g/mol. The number of benzene rings is 4. The molecule has 0 spiro atoms. The van der Waals surface area contributed by atoms with E-state index in [4.69, 9.17) is 0 Å². The van der Waals surface area contributed by atoms with Gasteiger partial charge in [-0.3, -0.25) is 0 Å². The molecule has 0 radical (unpaired) electrons. The van der Waals surface area contributed by atoms with E-state index in [1.54, 1.807) is 0 Å². The van der Waals surface area contributed by atoms with Crippen molar-refractivity contribution in [3.63, 3.8) is 0 Å². The molecule has 4 rings (SSSR count). The van der Waals surface area contributed by atoms with E-state index >= 15 is 0 Å². The molecule has 0 aliphatic rings. The van der Waals surface area contributed by atoms with Crippen molar-refractivity contribution in [1.29, 1.82) is 0 Å². The van der Waals surface area contributed by atoms with E-state index in [0.29, 0.717) is 0 Å². The predicted octanol–water partition coefficient (Wildman–Crippen LogP) is 7.69. The third-order valence-corrected chi connectivity index (χ3v) is 4.69. The van der Waals surface area contributed by atoms with E-state index in [1.165, 1.54) is 33.4 Å². The van der Waals surface area contributed by atoms with Gasteiger partial charge in [0, 0.05) is 0 Å².